The third-order valence-electron chi connectivity index (χ3n) is 3.07. The Kier molecular flexibility index (Phi) is 6.30. The summed E-state index contributed by atoms with van der Waals surface area (Å²) in [6, 6.07) is 10.1. The Labute approximate surface area is 155 Å². The van der Waals surface area contributed by atoms with Crippen molar-refractivity contribution >= 4 is 51.2 Å². The smallest absolute Gasteiger partial charge is 0.310 e. The van der Waals surface area contributed by atoms with Crippen LogP contribution in [0.4, 0.5) is 0 Å². The molecular formula is C16H14I2O4. The minimum absolute atomic E-state index is 0.185. The molecule has 2 aromatic carbocycles. The molecule has 22 heavy (non-hydrogen) atoms. The SMILES string of the molecule is O=C(Cc1ccc(O)c(I)c1I)OCCc1ccc(O)cc1. The Morgan fingerprint density at radius 3 is 2.36 bits per heavy atom. The van der Waals surface area contributed by atoms with Crippen molar-refractivity contribution in [3.8, 4) is 11.5 Å². The minimum Gasteiger partial charge on any atom is -0.508 e. The molecule has 0 heterocycles. The summed E-state index contributed by atoms with van der Waals surface area (Å²) in [6.07, 6.45) is 0.792. The first-order valence-electron chi connectivity index (χ1n) is 6.56. The fourth-order valence-electron chi connectivity index (χ4n) is 1.87. The van der Waals surface area contributed by atoms with E-state index in [9.17, 15) is 15.0 Å². The summed E-state index contributed by atoms with van der Waals surface area (Å²) in [5, 5.41) is 18.8. The molecule has 2 N–H and O–H groups in total. The Morgan fingerprint density at radius 1 is 1.00 bits per heavy atom. The van der Waals surface area contributed by atoms with Crippen LogP contribution >= 0.6 is 45.2 Å². The Morgan fingerprint density at radius 2 is 1.68 bits per heavy atom. The van der Waals surface area contributed by atoms with E-state index in [1.165, 1.54) is 0 Å². The Hall–Kier alpha value is -1.03. The van der Waals surface area contributed by atoms with Gasteiger partial charge in [0.25, 0.3) is 0 Å². The van der Waals surface area contributed by atoms with Gasteiger partial charge in [-0.25, -0.2) is 0 Å². The van der Waals surface area contributed by atoms with Gasteiger partial charge in [0, 0.05) is 9.99 Å². The number of benzene rings is 2. The van der Waals surface area contributed by atoms with E-state index in [0.717, 1.165) is 18.3 Å². The summed E-state index contributed by atoms with van der Waals surface area (Å²) in [4.78, 5) is 11.9. The lowest BCUT2D eigenvalue weighted by molar-refractivity contribution is -0.142. The number of hydrogen-bond acceptors (Lipinski definition) is 4. The molecule has 116 valence electrons. The van der Waals surface area contributed by atoms with Gasteiger partial charge >= 0.3 is 5.97 Å². The van der Waals surface area contributed by atoms with Crippen molar-refractivity contribution in [1.82, 2.24) is 0 Å². The van der Waals surface area contributed by atoms with Crippen LogP contribution in [0.5, 0.6) is 11.5 Å². The number of carbonyl (C=O) groups is 1. The van der Waals surface area contributed by atoms with Gasteiger partial charge in [0.05, 0.1) is 16.6 Å². The zero-order valence-corrected chi connectivity index (χ0v) is 15.9. The van der Waals surface area contributed by atoms with Crippen LogP contribution in [-0.4, -0.2) is 22.8 Å². The zero-order chi connectivity index (χ0) is 16.1. The first kappa shape index (κ1) is 17.3. The predicted molar refractivity (Wildman–Crippen MR) is 100 cm³/mol. The lowest BCUT2D eigenvalue weighted by Crippen LogP contribution is -2.11. The molecule has 0 atom stereocenters. The summed E-state index contributed by atoms with van der Waals surface area (Å²) in [6.45, 7) is 0.301. The highest BCUT2D eigenvalue weighted by molar-refractivity contribution is 14.1. The molecule has 0 saturated heterocycles. The fraction of sp³-hybridized carbons (Fsp3) is 0.188. The number of halogens is 2. The lowest BCUT2D eigenvalue weighted by atomic mass is 10.1. The molecule has 2 rings (SSSR count). The van der Waals surface area contributed by atoms with E-state index < -0.39 is 0 Å². The second-order valence-electron chi connectivity index (χ2n) is 4.69. The minimum atomic E-state index is -0.293. The fourth-order valence-corrected chi connectivity index (χ4v) is 3.04. The quantitative estimate of drug-likeness (QED) is 0.464. The highest BCUT2D eigenvalue weighted by Gasteiger charge is 2.12. The van der Waals surface area contributed by atoms with Gasteiger partial charge in [-0.05, 0) is 74.5 Å². The molecule has 0 unspecified atom stereocenters. The summed E-state index contributed by atoms with van der Waals surface area (Å²) >= 11 is 4.17. The van der Waals surface area contributed by atoms with Crippen LogP contribution < -0.4 is 0 Å². The van der Waals surface area contributed by atoms with Crippen LogP contribution in [0.25, 0.3) is 0 Å². The molecule has 0 aliphatic heterocycles. The van der Waals surface area contributed by atoms with Crippen LogP contribution in [0.15, 0.2) is 36.4 Å². The molecule has 0 saturated carbocycles. The van der Waals surface area contributed by atoms with Gasteiger partial charge in [-0.15, -0.1) is 0 Å². The number of phenolic OH excluding ortho intramolecular Hbond substituents is 2. The van der Waals surface area contributed by atoms with E-state index in [1.54, 1.807) is 36.4 Å². The number of aromatic hydroxyl groups is 2. The van der Waals surface area contributed by atoms with Gasteiger partial charge in [0.2, 0.25) is 0 Å². The van der Waals surface area contributed by atoms with Gasteiger partial charge < -0.3 is 14.9 Å². The number of esters is 1. The molecule has 0 radical (unpaired) electrons. The molecule has 0 bridgehead atoms. The second kappa shape index (κ2) is 8.00. The maximum Gasteiger partial charge on any atom is 0.310 e. The molecular weight excluding hydrogens is 510 g/mol. The normalized spacial score (nSPS) is 10.5. The average Bonchev–Trinajstić information content (AvgIpc) is 2.50. The predicted octanol–water partition coefficient (Wildman–Crippen LogP) is 3.64. The topological polar surface area (TPSA) is 66.8 Å². The van der Waals surface area contributed by atoms with Gasteiger partial charge in [-0.2, -0.15) is 0 Å². The molecule has 4 nitrogen and oxygen atoms in total. The number of ether oxygens (including phenoxy) is 1. The maximum atomic E-state index is 11.9. The highest BCUT2D eigenvalue weighted by Crippen LogP contribution is 2.28. The maximum absolute atomic E-state index is 11.9. The van der Waals surface area contributed by atoms with Crippen molar-refractivity contribution in [1.29, 1.82) is 0 Å². The van der Waals surface area contributed by atoms with Crippen LogP contribution in [0.1, 0.15) is 11.1 Å². The Bertz CT molecular complexity index is 669. The zero-order valence-electron chi connectivity index (χ0n) is 11.6. The summed E-state index contributed by atoms with van der Waals surface area (Å²) < 4.78 is 6.85. The number of phenols is 2. The molecule has 0 amide bonds. The van der Waals surface area contributed by atoms with E-state index >= 15 is 0 Å². The lowest BCUT2D eigenvalue weighted by Gasteiger charge is -2.08. The van der Waals surface area contributed by atoms with Crippen LogP contribution in [0.3, 0.4) is 0 Å². The van der Waals surface area contributed by atoms with Crippen molar-refractivity contribution in [3.63, 3.8) is 0 Å². The van der Waals surface area contributed by atoms with Crippen molar-refractivity contribution in [2.75, 3.05) is 6.61 Å². The summed E-state index contributed by atoms with van der Waals surface area (Å²) in [7, 11) is 0. The summed E-state index contributed by atoms with van der Waals surface area (Å²) in [5.74, 6) is 0.143. The van der Waals surface area contributed by atoms with E-state index in [0.29, 0.717) is 13.0 Å². The third-order valence-corrected chi connectivity index (χ3v) is 6.42. The summed E-state index contributed by atoms with van der Waals surface area (Å²) in [5.41, 5.74) is 1.84. The van der Waals surface area contributed by atoms with Crippen molar-refractivity contribution < 1.29 is 19.7 Å². The van der Waals surface area contributed by atoms with Crippen LogP contribution in [-0.2, 0) is 22.4 Å². The van der Waals surface area contributed by atoms with Gasteiger partial charge in [0.15, 0.2) is 0 Å². The van der Waals surface area contributed by atoms with Crippen molar-refractivity contribution in [2.24, 2.45) is 0 Å². The average molecular weight is 524 g/mol. The highest BCUT2D eigenvalue weighted by atomic mass is 127. The van der Waals surface area contributed by atoms with Gasteiger partial charge in [0.1, 0.15) is 11.5 Å². The number of hydrogen-bond donors (Lipinski definition) is 2. The molecule has 0 spiro atoms. The van der Waals surface area contributed by atoms with E-state index in [1.807, 2.05) is 0 Å². The van der Waals surface area contributed by atoms with Gasteiger partial charge in [-0.3, -0.25) is 4.79 Å². The molecule has 2 aromatic rings. The first-order chi connectivity index (χ1) is 10.5. The van der Waals surface area contributed by atoms with Gasteiger partial charge in [-0.1, -0.05) is 18.2 Å². The van der Waals surface area contributed by atoms with E-state index in [2.05, 4.69) is 45.2 Å². The standard InChI is InChI=1S/C16H14I2O4/c17-15-11(3-6-13(20)16(15)18)9-14(21)22-8-7-10-1-4-12(19)5-2-10/h1-6,19-20H,7-9H2. The van der Waals surface area contributed by atoms with Crippen molar-refractivity contribution in [3.05, 3.63) is 54.7 Å². The van der Waals surface area contributed by atoms with Crippen molar-refractivity contribution in [2.45, 2.75) is 12.8 Å². The number of rotatable bonds is 5. The van der Waals surface area contributed by atoms with E-state index in [-0.39, 0.29) is 23.9 Å². The monoisotopic (exact) mass is 524 g/mol. The van der Waals surface area contributed by atoms with Crippen LogP contribution in [0, 0.1) is 7.14 Å². The Balaban J connectivity index is 1.86. The molecule has 0 fully saturated rings. The first-order valence-corrected chi connectivity index (χ1v) is 8.72. The largest absolute Gasteiger partial charge is 0.508 e. The second-order valence-corrected chi connectivity index (χ2v) is 6.84. The van der Waals surface area contributed by atoms with E-state index in [4.69, 9.17) is 4.74 Å². The third kappa shape index (κ3) is 4.73. The molecule has 0 aliphatic rings. The molecule has 6 heteroatoms. The molecule has 0 aromatic heterocycles. The van der Waals surface area contributed by atoms with Crippen LogP contribution in [0.2, 0.25) is 0 Å². The number of carbonyl (C=O) groups excluding carboxylic acids is 1. The molecule has 0 aliphatic carbocycles.